The van der Waals surface area contributed by atoms with E-state index >= 15 is 0 Å². The lowest BCUT2D eigenvalue weighted by atomic mass is 10.3. The molecule has 102 valence electrons. The molecule has 7 heteroatoms. The van der Waals surface area contributed by atoms with Crippen LogP contribution in [0.3, 0.4) is 0 Å². The standard InChI is InChI=1S/C11H21N5S2/c1-2-3-5-14-10(13)16-11-15-9(8-18-11)7-17-6-4-12/h8H,2-7,12H2,1H3,(H3,13,14,15,16). The largest absolute Gasteiger partial charge is 0.370 e. The van der Waals surface area contributed by atoms with Crippen molar-refractivity contribution in [3.63, 3.8) is 0 Å². The molecule has 0 radical (unpaired) electrons. The minimum atomic E-state index is 0.443. The Bertz CT molecular complexity index is 364. The molecule has 0 aliphatic rings. The number of hydrogen-bond donors (Lipinski definition) is 3. The molecule has 18 heavy (non-hydrogen) atoms. The number of thioether (sulfide) groups is 1. The van der Waals surface area contributed by atoms with Crippen LogP contribution < -0.4 is 16.8 Å². The fourth-order valence-corrected chi connectivity index (χ4v) is 2.69. The normalized spacial score (nSPS) is 11.8. The van der Waals surface area contributed by atoms with Crippen LogP contribution in [0.2, 0.25) is 0 Å². The van der Waals surface area contributed by atoms with E-state index in [1.807, 2.05) is 5.38 Å². The molecule has 0 saturated heterocycles. The average Bonchev–Trinajstić information content (AvgIpc) is 2.77. The smallest absolute Gasteiger partial charge is 0.194 e. The molecule has 5 N–H and O–H groups in total. The molecule has 1 aromatic rings. The van der Waals surface area contributed by atoms with Gasteiger partial charge in [0.1, 0.15) is 0 Å². The van der Waals surface area contributed by atoms with Crippen LogP contribution in [-0.4, -0.2) is 29.8 Å². The lowest BCUT2D eigenvalue weighted by molar-refractivity contribution is 0.807. The quantitative estimate of drug-likeness (QED) is 0.386. The second kappa shape index (κ2) is 9.18. The summed E-state index contributed by atoms with van der Waals surface area (Å²) in [6.45, 7) is 3.60. The highest BCUT2D eigenvalue weighted by molar-refractivity contribution is 7.98. The van der Waals surface area contributed by atoms with Gasteiger partial charge in [0.25, 0.3) is 0 Å². The van der Waals surface area contributed by atoms with Crippen molar-refractivity contribution in [3.05, 3.63) is 11.1 Å². The minimum absolute atomic E-state index is 0.443. The molecule has 0 saturated carbocycles. The highest BCUT2D eigenvalue weighted by Gasteiger charge is 2.02. The molecule has 1 aromatic heterocycles. The van der Waals surface area contributed by atoms with E-state index in [-0.39, 0.29) is 0 Å². The van der Waals surface area contributed by atoms with Crippen LogP contribution in [0.1, 0.15) is 25.5 Å². The van der Waals surface area contributed by atoms with Crippen LogP contribution in [-0.2, 0) is 5.75 Å². The average molecular weight is 287 g/mol. The summed E-state index contributed by atoms with van der Waals surface area (Å²) in [7, 11) is 0. The van der Waals surface area contributed by atoms with Crippen molar-refractivity contribution < 1.29 is 0 Å². The third-order valence-corrected chi connectivity index (χ3v) is 3.92. The maximum absolute atomic E-state index is 5.76. The molecule has 0 unspecified atom stereocenters. The van der Waals surface area contributed by atoms with Gasteiger partial charge in [-0.1, -0.05) is 13.3 Å². The SMILES string of the molecule is CCCCN=C(N)Nc1nc(CSCCN)cs1. The van der Waals surface area contributed by atoms with Gasteiger partial charge in [-0.25, -0.2) is 4.98 Å². The molecular formula is C11H21N5S2. The van der Waals surface area contributed by atoms with Crippen LogP contribution in [0.15, 0.2) is 10.4 Å². The first-order valence-electron chi connectivity index (χ1n) is 6.05. The Kier molecular flexibility index (Phi) is 7.79. The zero-order valence-corrected chi connectivity index (χ0v) is 12.3. The second-order valence-corrected chi connectivity index (χ2v) is 5.69. The van der Waals surface area contributed by atoms with Crippen molar-refractivity contribution in [2.45, 2.75) is 25.5 Å². The van der Waals surface area contributed by atoms with Crippen molar-refractivity contribution in [3.8, 4) is 0 Å². The molecule has 1 rings (SSSR count). The van der Waals surface area contributed by atoms with Gasteiger partial charge in [-0.3, -0.25) is 4.99 Å². The summed E-state index contributed by atoms with van der Waals surface area (Å²) in [5, 5.41) is 5.85. The zero-order valence-electron chi connectivity index (χ0n) is 10.7. The number of nitrogens with zero attached hydrogens (tertiary/aromatic N) is 2. The van der Waals surface area contributed by atoms with Crippen molar-refractivity contribution in [1.29, 1.82) is 0 Å². The Morgan fingerprint density at radius 3 is 3.17 bits per heavy atom. The van der Waals surface area contributed by atoms with E-state index in [9.17, 15) is 0 Å². The molecule has 0 aromatic carbocycles. The van der Waals surface area contributed by atoms with Crippen molar-refractivity contribution >= 4 is 34.2 Å². The van der Waals surface area contributed by atoms with Gasteiger partial charge in [-0.2, -0.15) is 11.8 Å². The molecule has 0 fully saturated rings. The molecule has 0 aliphatic heterocycles. The molecule has 0 atom stereocenters. The number of thiazole rings is 1. The monoisotopic (exact) mass is 287 g/mol. The van der Waals surface area contributed by atoms with E-state index in [1.54, 1.807) is 23.1 Å². The molecule has 1 heterocycles. The predicted molar refractivity (Wildman–Crippen MR) is 82.4 cm³/mol. The van der Waals surface area contributed by atoms with E-state index in [2.05, 4.69) is 22.2 Å². The number of anilines is 1. The second-order valence-electron chi connectivity index (χ2n) is 3.73. The molecule has 5 nitrogen and oxygen atoms in total. The van der Waals surface area contributed by atoms with Gasteiger partial charge >= 0.3 is 0 Å². The summed E-state index contributed by atoms with van der Waals surface area (Å²) in [4.78, 5) is 8.66. The number of aromatic nitrogens is 1. The van der Waals surface area contributed by atoms with E-state index in [0.29, 0.717) is 12.5 Å². The summed E-state index contributed by atoms with van der Waals surface area (Å²) in [5.41, 5.74) is 12.3. The topological polar surface area (TPSA) is 89.3 Å². The number of rotatable bonds is 8. The maximum Gasteiger partial charge on any atom is 0.194 e. The van der Waals surface area contributed by atoms with Crippen molar-refractivity contribution in [2.24, 2.45) is 16.5 Å². The van der Waals surface area contributed by atoms with Gasteiger partial charge in [0.15, 0.2) is 11.1 Å². The number of unbranched alkanes of at least 4 members (excludes halogenated alkanes) is 1. The Hall–Kier alpha value is -0.790. The van der Waals surface area contributed by atoms with E-state index in [0.717, 1.165) is 41.7 Å². The number of aliphatic imine (C=N–C) groups is 1. The van der Waals surface area contributed by atoms with Gasteiger partial charge in [0.2, 0.25) is 0 Å². The summed E-state index contributed by atoms with van der Waals surface area (Å²) in [6.07, 6.45) is 2.18. The number of hydrogen-bond acceptors (Lipinski definition) is 5. The Balaban J connectivity index is 2.36. The van der Waals surface area contributed by atoms with Crippen LogP contribution in [0.5, 0.6) is 0 Å². The van der Waals surface area contributed by atoms with Gasteiger partial charge in [0.05, 0.1) is 5.69 Å². The Morgan fingerprint density at radius 2 is 2.44 bits per heavy atom. The van der Waals surface area contributed by atoms with Crippen molar-refractivity contribution in [1.82, 2.24) is 4.98 Å². The summed E-state index contributed by atoms with van der Waals surface area (Å²) < 4.78 is 0. The highest BCUT2D eigenvalue weighted by Crippen LogP contribution is 2.19. The predicted octanol–water partition coefficient (Wildman–Crippen LogP) is 1.86. The Labute approximate surface area is 116 Å². The third kappa shape index (κ3) is 6.23. The number of nitrogens with one attached hydrogen (secondary N) is 1. The number of guanidine groups is 1. The first-order chi connectivity index (χ1) is 8.76. The van der Waals surface area contributed by atoms with E-state index < -0.39 is 0 Å². The lowest BCUT2D eigenvalue weighted by Crippen LogP contribution is -2.22. The van der Waals surface area contributed by atoms with Crippen LogP contribution in [0.25, 0.3) is 0 Å². The molecular weight excluding hydrogens is 266 g/mol. The first kappa shape index (κ1) is 15.3. The fourth-order valence-electron chi connectivity index (χ4n) is 1.20. The number of nitrogens with two attached hydrogens (primary N) is 2. The van der Waals surface area contributed by atoms with Crippen molar-refractivity contribution in [2.75, 3.05) is 24.2 Å². The molecule has 0 aliphatic carbocycles. The maximum atomic E-state index is 5.76. The molecule has 0 amide bonds. The fraction of sp³-hybridized carbons (Fsp3) is 0.636. The summed E-state index contributed by atoms with van der Waals surface area (Å²) in [5.74, 6) is 2.29. The van der Waals surface area contributed by atoms with Gasteiger partial charge in [-0.15, -0.1) is 11.3 Å². The van der Waals surface area contributed by atoms with Crippen LogP contribution in [0.4, 0.5) is 5.13 Å². The highest BCUT2D eigenvalue weighted by atomic mass is 32.2. The summed E-state index contributed by atoms with van der Waals surface area (Å²) >= 11 is 3.33. The van der Waals surface area contributed by atoms with Gasteiger partial charge in [0, 0.05) is 30.0 Å². The minimum Gasteiger partial charge on any atom is -0.370 e. The van der Waals surface area contributed by atoms with Gasteiger partial charge in [-0.05, 0) is 6.42 Å². The first-order valence-corrected chi connectivity index (χ1v) is 8.08. The van der Waals surface area contributed by atoms with E-state index in [4.69, 9.17) is 11.5 Å². The molecule has 0 bridgehead atoms. The van der Waals surface area contributed by atoms with E-state index in [1.165, 1.54) is 0 Å². The Morgan fingerprint density at radius 1 is 1.61 bits per heavy atom. The summed E-state index contributed by atoms with van der Waals surface area (Å²) in [6, 6.07) is 0. The van der Waals surface area contributed by atoms with Gasteiger partial charge < -0.3 is 16.8 Å². The van der Waals surface area contributed by atoms with Crippen LogP contribution >= 0.6 is 23.1 Å². The third-order valence-electron chi connectivity index (χ3n) is 2.09. The van der Waals surface area contributed by atoms with Crippen LogP contribution in [0, 0.1) is 0 Å². The zero-order chi connectivity index (χ0) is 13.2. The molecule has 0 spiro atoms. The lowest BCUT2D eigenvalue weighted by Gasteiger charge is -2.01.